The summed E-state index contributed by atoms with van der Waals surface area (Å²) in [5.74, 6) is -0.850. The Morgan fingerprint density at radius 1 is 0.900 bits per heavy atom. The van der Waals surface area contributed by atoms with Gasteiger partial charge in [-0.05, 0) is 63.6 Å². The summed E-state index contributed by atoms with van der Waals surface area (Å²) in [5, 5.41) is -4.04. The minimum Gasteiger partial charge on any atom is -0.453 e. The molecule has 162 valence electrons. The van der Waals surface area contributed by atoms with Gasteiger partial charge in [0.1, 0.15) is 0 Å². The normalized spacial score (nSPS) is 12.7. The first-order valence-electron chi connectivity index (χ1n) is 10.1. The molecule has 0 saturated carbocycles. The number of hydrogen-bond acceptors (Lipinski definition) is 4. The van der Waals surface area contributed by atoms with Crippen LogP contribution in [0, 0.1) is 0 Å². The SMILES string of the molecule is CCN(CC)c1ccc2c(c1)Oc1cc(N(CC)CC)ccc1N2C(=O)C(F)(F)Cl. The number of hydrogen-bond donors (Lipinski definition) is 0. The van der Waals surface area contributed by atoms with E-state index in [4.69, 9.17) is 16.3 Å². The molecule has 0 spiro atoms. The predicted octanol–water partition coefficient (Wildman–Crippen LogP) is 5.98. The van der Waals surface area contributed by atoms with Gasteiger partial charge in [0.15, 0.2) is 11.5 Å². The number of anilines is 4. The van der Waals surface area contributed by atoms with E-state index in [0.29, 0.717) is 11.5 Å². The summed E-state index contributed by atoms with van der Waals surface area (Å²) < 4.78 is 33.8. The number of fused-ring (bicyclic) bond motifs is 2. The maximum absolute atomic E-state index is 13.8. The van der Waals surface area contributed by atoms with Crippen molar-refractivity contribution in [2.24, 2.45) is 0 Å². The first kappa shape index (κ1) is 22.2. The van der Waals surface area contributed by atoms with E-state index in [-0.39, 0.29) is 11.4 Å². The third-order valence-corrected chi connectivity index (χ3v) is 5.45. The molecule has 1 amide bonds. The molecule has 0 bridgehead atoms. The smallest absolute Gasteiger partial charge is 0.400 e. The zero-order valence-electron chi connectivity index (χ0n) is 17.6. The summed E-state index contributed by atoms with van der Waals surface area (Å²) in [4.78, 5) is 17.7. The number of ether oxygens (including phenoxy) is 1. The number of carbonyl (C=O) groups excluding carboxylic acids is 1. The lowest BCUT2D eigenvalue weighted by Crippen LogP contribution is -2.39. The van der Waals surface area contributed by atoms with Gasteiger partial charge in [0.25, 0.3) is 0 Å². The predicted molar refractivity (Wildman–Crippen MR) is 118 cm³/mol. The van der Waals surface area contributed by atoms with Crippen molar-refractivity contribution in [3.63, 3.8) is 0 Å². The van der Waals surface area contributed by atoms with Gasteiger partial charge in [-0.15, -0.1) is 0 Å². The quantitative estimate of drug-likeness (QED) is 0.499. The molecule has 0 fully saturated rings. The molecule has 0 aromatic heterocycles. The molecule has 2 aromatic rings. The Kier molecular flexibility index (Phi) is 6.41. The molecule has 3 rings (SSSR count). The molecule has 0 unspecified atom stereocenters. The third-order valence-electron chi connectivity index (χ3n) is 5.29. The number of rotatable bonds is 7. The standard InChI is InChI=1S/C22H26ClF2N3O2/c1-5-26(6-2)15-9-11-17-19(13-15)30-20-14-16(27(7-3)8-4)10-12-18(20)28(17)21(29)22(23,24)25/h9-14H,5-8H2,1-4H3. The molecule has 5 nitrogen and oxygen atoms in total. The summed E-state index contributed by atoms with van der Waals surface area (Å²) in [7, 11) is 0. The number of nitrogens with zero attached hydrogens (tertiary/aromatic N) is 3. The number of amides is 1. The van der Waals surface area contributed by atoms with Gasteiger partial charge in [0, 0.05) is 49.7 Å². The van der Waals surface area contributed by atoms with Crippen molar-refractivity contribution >= 4 is 40.3 Å². The van der Waals surface area contributed by atoms with Gasteiger partial charge >= 0.3 is 11.3 Å². The largest absolute Gasteiger partial charge is 0.453 e. The fourth-order valence-corrected chi connectivity index (χ4v) is 3.79. The lowest BCUT2D eigenvalue weighted by Gasteiger charge is -2.34. The van der Waals surface area contributed by atoms with Gasteiger partial charge in [-0.3, -0.25) is 9.69 Å². The monoisotopic (exact) mass is 437 g/mol. The van der Waals surface area contributed by atoms with E-state index < -0.39 is 11.3 Å². The zero-order valence-corrected chi connectivity index (χ0v) is 18.3. The molecular formula is C22H26ClF2N3O2. The zero-order chi connectivity index (χ0) is 22.1. The van der Waals surface area contributed by atoms with Crippen LogP contribution in [0.2, 0.25) is 0 Å². The Labute approximate surface area is 180 Å². The highest BCUT2D eigenvalue weighted by atomic mass is 35.5. The van der Waals surface area contributed by atoms with E-state index in [9.17, 15) is 13.6 Å². The van der Waals surface area contributed by atoms with Crippen molar-refractivity contribution < 1.29 is 18.3 Å². The van der Waals surface area contributed by atoms with Crippen LogP contribution in [0.15, 0.2) is 36.4 Å². The van der Waals surface area contributed by atoms with Crippen LogP contribution in [0.25, 0.3) is 0 Å². The topological polar surface area (TPSA) is 36.0 Å². The Balaban J connectivity index is 2.15. The van der Waals surface area contributed by atoms with E-state index in [1.54, 1.807) is 36.4 Å². The van der Waals surface area contributed by atoms with Gasteiger partial charge in [0.05, 0.1) is 11.4 Å². The molecular weight excluding hydrogens is 412 g/mol. The molecule has 0 aliphatic carbocycles. The Bertz CT molecular complexity index is 864. The summed E-state index contributed by atoms with van der Waals surface area (Å²) in [6.07, 6.45) is 0. The van der Waals surface area contributed by atoms with Crippen molar-refractivity contribution in [2.45, 2.75) is 33.1 Å². The molecule has 30 heavy (non-hydrogen) atoms. The second-order valence-electron chi connectivity index (χ2n) is 6.89. The van der Waals surface area contributed by atoms with Crippen LogP contribution in [0.4, 0.5) is 31.5 Å². The minimum atomic E-state index is -4.04. The summed E-state index contributed by atoms with van der Waals surface area (Å²) >= 11 is 5.12. The molecule has 0 saturated heterocycles. The Morgan fingerprint density at radius 3 is 1.63 bits per heavy atom. The van der Waals surface area contributed by atoms with E-state index in [1.807, 2.05) is 27.7 Å². The second kappa shape index (κ2) is 8.68. The number of alkyl halides is 3. The fourth-order valence-electron chi connectivity index (χ4n) is 3.70. The maximum Gasteiger partial charge on any atom is 0.400 e. The summed E-state index contributed by atoms with van der Waals surface area (Å²) in [6.45, 7) is 11.2. The van der Waals surface area contributed by atoms with E-state index in [1.165, 1.54) is 0 Å². The average Bonchev–Trinajstić information content (AvgIpc) is 2.72. The highest BCUT2D eigenvalue weighted by molar-refractivity contribution is 6.35. The van der Waals surface area contributed by atoms with Crippen LogP contribution in [0.3, 0.4) is 0 Å². The molecule has 0 atom stereocenters. The molecule has 2 aromatic carbocycles. The second-order valence-corrected chi connectivity index (χ2v) is 7.36. The van der Waals surface area contributed by atoms with Crippen molar-refractivity contribution in [2.75, 3.05) is 40.9 Å². The first-order chi connectivity index (χ1) is 14.2. The fraction of sp³-hybridized carbons (Fsp3) is 0.409. The molecule has 1 aliphatic heterocycles. The maximum atomic E-state index is 13.8. The van der Waals surface area contributed by atoms with Crippen molar-refractivity contribution in [3.05, 3.63) is 36.4 Å². The lowest BCUT2D eigenvalue weighted by molar-refractivity contribution is -0.132. The highest BCUT2D eigenvalue weighted by Crippen LogP contribution is 2.50. The summed E-state index contributed by atoms with van der Waals surface area (Å²) in [6, 6.07) is 10.3. The molecule has 0 radical (unpaired) electrons. The average molecular weight is 438 g/mol. The van der Waals surface area contributed by atoms with Crippen LogP contribution < -0.4 is 19.4 Å². The summed E-state index contributed by atoms with van der Waals surface area (Å²) in [5.41, 5.74) is 2.23. The lowest BCUT2D eigenvalue weighted by atomic mass is 10.1. The van der Waals surface area contributed by atoms with E-state index >= 15 is 0 Å². The van der Waals surface area contributed by atoms with Crippen LogP contribution in [0.5, 0.6) is 11.5 Å². The number of halogens is 3. The molecule has 8 heteroatoms. The van der Waals surface area contributed by atoms with Crippen molar-refractivity contribution in [1.82, 2.24) is 0 Å². The van der Waals surface area contributed by atoms with Gasteiger partial charge in [-0.25, -0.2) is 0 Å². The Morgan fingerprint density at radius 2 is 1.30 bits per heavy atom. The van der Waals surface area contributed by atoms with E-state index in [0.717, 1.165) is 42.5 Å². The third kappa shape index (κ3) is 4.03. The Hall–Kier alpha value is -2.54. The molecule has 0 N–H and O–H groups in total. The van der Waals surface area contributed by atoms with Gasteiger partial charge in [0.2, 0.25) is 0 Å². The van der Waals surface area contributed by atoms with Gasteiger partial charge < -0.3 is 14.5 Å². The van der Waals surface area contributed by atoms with Crippen LogP contribution in [-0.4, -0.2) is 37.5 Å². The van der Waals surface area contributed by atoms with Crippen LogP contribution in [0.1, 0.15) is 27.7 Å². The van der Waals surface area contributed by atoms with Gasteiger partial charge in [-0.2, -0.15) is 8.78 Å². The van der Waals surface area contributed by atoms with Crippen LogP contribution in [-0.2, 0) is 4.79 Å². The minimum absolute atomic E-state index is 0.235. The van der Waals surface area contributed by atoms with E-state index in [2.05, 4.69) is 9.80 Å². The van der Waals surface area contributed by atoms with Crippen molar-refractivity contribution in [3.8, 4) is 11.5 Å². The van der Waals surface area contributed by atoms with Crippen molar-refractivity contribution in [1.29, 1.82) is 0 Å². The molecule has 1 heterocycles. The molecule has 1 aliphatic rings. The van der Waals surface area contributed by atoms with Crippen LogP contribution >= 0.6 is 11.6 Å². The number of carbonyl (C=O) groups is 1. The first-order valence-corrected chi connectivity index (χ1v) is 10.5. The number of benzene rings is 2. The van der Waals surface area contributed by atoms with Gasteiger partial charge in [-0.1, -0.05) is 0 Å². The highest BCUT2D eigenvalue weighted by Gasteiger charge is 2.44.